The first-order valence-corrected chi connectivity index (χ1v) is 11.5. The maximum atomic E-state index is 12.6. The molecular formula is C21H21N5O2S2. The Bertz CT molecular complexity index is 1090. The van der Waals surface area contributed by atoms with Gasteiger partial charge in [-0.05, 0) is 43.4 Å². The average Bonchev–Trinajstić information content (AvgIpc) is 3.33. The van der Waals surface area contributed by atoms with Crippen molar-refractivity contribution in [2.45, 2.75) is 37.4 Å². The molecule has 2 aromatic heterocycles. The fourth-order valence-corrected chi connectivity index (χ4v) is 5.54. The van der Waals surface area contributed by atoms with Gasteiger partial charge in [-0.1, -0.05) is 30.0 Å². The number of ether oxygens (including phenoxy) is 1. The fourth-order valence-electron chi connectivity index (χ4n) is 3.52. The standard InChI is InChI=1S/C21H21N5O2S2/c1-28-12-18-24-25-21(26(18)14-7-3-2-4-8-14)29-13-19(27)23-20-16(11-22)15-9-5-6-10-17(15)30-20/h2-4,7-8H,5-6,9-10,12-13H2,1H3,(H,23,27). The smallest absolute Gasteiger partial charge is 0.235 e. The van der Waals surface area contributed by atoms with Crippen molar-refractivity contribution in [3.05, 3.63) is 52.2 Å². The van der Waals surface area contributed by atoms with E-state index in [1.807, 2.05) is 34.9 Å². The summed E-state index contributed by atoms with van der Waals surface area (Å²) in [5, 5.41) is 22.2. The van der Waals surface area contributed by atoms with Crippen molar-refractivity contribution in [3.63, 3.8) is 0 Å². The number of fused-ring (bicyclic) bond motifs is 1. The third-order valence-corrected chi connectivity index (χ3v) is 6.99. The number of para-hydroxylation sites is 1. The molecule has 1 N–H and O–H groups in total. The van der Waals surface area contributed by atoms with E-state index in [2.05, 4.69) is 21.6 Å². The molecule has 0 unspecified atom stereocenters. The van der Waals surface area contributed by atoms with Crippen molar-refractivity contribution in [2.75, 3.05) is 18.2 Å². The van der Waals surface area contributed by atoms with Crippen LogP contribution in [0.1, 0.15) is 34.7 Å². The molecule has 0 saturated carbocycles. The summed E-state index contributed by atoms with van der Waals surface area (Å²) in [5.41, 5.74) is 2.66. The Hall–Kier alpha value is -2.67. The SMILES string of the molecule is COCc1nnc(SCC(=O)Nc2sc3c(c2C#N)CCCC3)n1-c1ccccc1. The minimum atomic E-state index is -0.161. The zero-order valence-electron chi connectivity index (χ0n) is 16.6. The van der Waals surface area contributed by atoms with Gasteiger partial charge in [0.15, 0.2) is 11.0 Å². The van der Waals surface area contributed by atoms with Gasteiger partial charge in [0.25, 0.3) is 0 Å². The fraction of sp³-hybridized carbons (Fsp3) is 0.333. The maximum Gasteiger partial charge on any atom is 0.235 e. The van der Waals surface area contributed by atoms with E-state index in [9.17, 15) is 10.1 Å². The number of amides is 1. The highest BCUT2D eigenvalue weighted by molar-refractivity contribution is 7.99. The number of methoxy groups -OCH3 is 1. The second-order valence-corrected chi connectivity index (χ2v) is 8.91. The molecule has 0 aliphatic heterocycles. The van der Waals surface area contributed by atoms with Crippen molar-refractivity contribution in [1.29, 1.82) is 5.26 Å². The third kappa shape index (κ3) is 4.26. The molecule has 1 aliphatic carbocycles. The molecule has 30 heavy (non-hydrogen) atoms. The van der Waals surface area contributed by atoms with Crippen molar-refractivity contribution in [1.82, 2.24) is 14.8 Å². The van der Waals surface area contributed by atoms with Crippen LogP contribution >= 0.6 is 23.1 Å². The minimum Gasteiger partial charge on any atom is -0.377 e. The molecule has 0 atom stereocenters. The highest BCUT2D eigenvalue weighted by atomic mass is 32.2. The van der Waals surface area contributed by atoms with E-state index in [0.29, 0.717) is 28.2 Å². The largest absolute Gasteiger partial charge is 0.377 e. The second kappa shape index (κ2) is 9.43. The van der Waals surface area contributed by atoms with E-state index in [-0.39, 0.29) is 11.7 Å². The zero-order chi connectivity index (χ0) is 20.9. The molecular weight excluding hydrogens is 418 g/mol. The topological polar surface area (TPSA) is 92.8 Å². The van der Waals surface area contributed by atoms with Gasteiger partial charge in [0, 0.05) is 17.7 Å². The van der Waals surface area contributed by atoms with Gasteiger partial charge in [-0.25, -0.2) is 0 Å². The number of hydrogen-bond acceptors (Lipinski definition) is 7. The predicted molar refractivity (Wildman–Crippen MR) is 117 cm³/mol. The summed E-state index contributed by atoms with van der Waals surface area (Å²) in [6, 6.07) is 12.0. The van der Waals surface area contributed by atoms with Crippen LogP contribution < -0.4 is 5.32 Å². The lowest BCUT2D eigenvalue weighted by Crippen LogP contribution is -2.14. The van der Waals surface area contributed by atoms with Gasteiger partial charge in [0.1, 0.15) is 17.7 Å². The number of nitriles is 1. The van der Waals surface area contributed by atoms with Crippen LogP contribution in [0.4, 0.5) is 5.00 Å². The molecule has 0 bridgehead atoms. The first kappa shape index (κ1) is 20.6. The first-order valence-electron chi connectivity index (χ1n) is 9.67. The summed E-state index contributed by atoms with van der Waals surface area (Å²) in [6.45, 7) is 0.320. The molecule has 0 spiro atoms. The summed E-state index contributed by atoms with van der Waals surface area (Å²) < 4.78 is 7.13. The van der Waals surface area contributed by atoms with Crippen molar-refractivity contribution >= 4 is 34.0 Å². The molecule has 0 radical (unpaired) electrons. The average molecular weight is 440 g/mol. The lowest BCUT2D eigenvalue weighted by atomic mass is 9.96. The Kier molecular flexibility index (Phi) is 6.47. The molecule has 4 rings (SSSR count). The first-order chi connectivity index (χ1) is 14.7. The summed E-state index contributed by atoms with van der Waals surface area (Å²) >= 11 is 2.84. The Morgan fingerprint density at radius 2 is 2.10 bits per heavy atom. The number of aromatic nitrogens is 3. The molecule has 9 heteroatoms. The van der Waals surface area contributed by atoms with Crippen molar-refractivity contribution in [3.8, 4) is 11.8 Å². The van der Waals surface area contributed by atoms with Crippen LogP contribution in [0.3, 0.4) is 0 Å². The highest BCUT2D eigenvalue weighted by Crippen LogP contribution is 2.37. The molecule has 0 saturated heterocycles. The number of thiophene rings is 1. The Balaban J connectivity index is 1.49. The molecule has 154 valence electrons. The van der Waals surface area contributed by atoms with Crippen LogP contribution in [-0.2, 0) is 29.0 Å². The van der Waals surface area contributed by atoms with Gasteiger partial charge in [-0.2, -0.15) is 5.26 Å². The van der Waals surface area contributed by atoms with Crippen LogP contribution in [-0.4, -0.2) is 33.5 Å². The highest BCUT2D eigenvalue weighted by Gasteiger charge is 2.22. The number of rotatable bonds is 7. The third-order valence-electron chi connectivity index (χ3n) is 4.86. The van der Waals surface area contributed by atoms with Gasteiger partial charge in [0.2, 0.25) is 5.91 Å². The summed E-state index contributed by atoms with van der Waals surface area (Å²) in [6.07, 6.45) is 4.14. The monoisotopic (exact) mass is 439 g/mol. The van der Waals surface area contributed by atoms with Crippen LogP contribution in [0.5, 0.6) is 0 Å². The van der Waals surface area contributed by atoms with Crippen LogP contribution in [0.2, 0.25) is 0 Å². The summed E-state index contributed by atoms with van der Waals surface area (Å²) in [7, 11) is 1.61. The van der Waals surface area contributed by atoms with E-state index < -0.39 is 0 Å². The molecule has 1 aromatic carbocycles. The van der Waals surface area contributed by atoms with Gasteiger partial charge < -0.3 is 10.1 Å². The number of anilines is 1. The molecule has 3 aromatic rings. The zero-order valence-corrected chi connectivity index (χ0v) is 18.2. The number of hydrogen-bond donors (Lipinski definition) is 1. The van der Waals surface area contributed by atoms with E-state index in [1.54, 1.807) is 7.11 Å². The Morgan fingerprint density at radius 3 is 2.87 bits per heavy atom. The van der Waals surface area contributed by atoms with Crippen LogP contribution in [0.15, 0.2) is 35.5 Å². The van der Waals surface area contributed by atoms with Gasteiger partial charge in [-0.15, -0.1) is 21.5 Å². The number of thioether (sulfide) groups is 1. The quantitative estimate of drug-likeness (QED) is 0.560. The van der Waals surface area contributed by atoms with E-state index in [1.165, 1.54) is 28.0 Å². The molecule has 1 aliphatic rings. The number of nitrogens with one attached hydrogen (secondary N) is 1. The lowest BCUT2D eigenvalue weighted by Gasteiger charge is -2.10. The van der Waals surface area contributed by atoms with Crippen molar-refractivity contribution in [2.24, 2.45) is 0 Å². The Morgan fingerprint density at radius 1 is 1.30 bits per heavy atom. The second-order valence-electron chi connectivity index (χ2n) is 6.87. The van der Waals surface area contributed by atoms with E-state index in [0.717, 1.165) is 36.9 Å². The number of carbonyl (C=O) groups excluding carboxylic acids is 1. The van der Waals surface area contributed by atoms with Gasteiger partial charge in [-0.3, -0.25) is 9.36 Å². The molecule has 1 amide bonds. The van der Waals surface area contributed by atoms with Crippen LogP contribution in [0.25, 0.3) is 5.69 Å². The Labute approximate surface area is 183 Å². The number of carbonyl (C=O) groups is 1. The molecule has 7 nitrogen and oxygen atoms in total. The lowest BCUT2D eigenvalue weighted by molar-refractivity contribution is -0.113. The van der Waals surface area contributed by atoms with Gasteiger partial charge in [0.05, 0.1) is 11.3 Å². The maximum absolute atomic E-state index is 12.6. The summed E-state index contributed by atoms with van der Waals surface area (Å²) in [5.74, 6) is 0.682. The van der Waals surface area contributed by atoms with Gasteiger partial charge >= 0.3 is 0 Å². The minimum absolute atomic E-state index is 0.161. The molecule has 2 heterocycles. The normalized spacial score (nSPS) is 12.9. The number of nitrogens with zero attached hydrogens (tertiary/aromatic N) is 4. The predicted octanol–water partition coefficient (Wildman–Crippen LogP) is 3.96. The molecule has 0 fully saturated rings. The van der Waals surface area contributed by atoms with Crippen molar-refractivity contribution < 1.29 is 9.53 Å². The van der Waals surface area contributed by atoms with E-state index >= 15 is 0 Å². The number of benzene rings is 1. The summed E-state index contributed by atoms with van der Waals surface area (Å²) in [4.78, 5) is 13.9. The number of aryl methyl sites for hydroxylation is 1. The van der Waals surface area contributed by atoms with Crippen LogP contribution in [0, 0.1) is 11.3 Å². The van der Waals surface area contributed by atoms with E-state index in [4.69, 9.17) is 4.74 Å².